The molecule has 0 aliphatic carbocycles. The maximum atomic E-state index is 13.2. The number of hydrogen-bond acceptors (Lipinski definition) is 2. The molecule has 0 amide bonds. The summed E-state index contributed by atoms with van der Waals surface area (Å²) in [5.74, 6) is -1.88. The van der Waals surface area contributed by atoms with Crippen LogP contribution in [0.3, 0.4) is 0 Å². The Bertz CT molecular complexity index is 603. The first-order valence-corrected chi connectivity index (χ1v) is 4.14. The van der Waals surface area contributed by atoms with Crippen LogP contribution in [0.5, 0.6) is 0 Å². The van der Waals surface area contributed by atoms with Crippen molar-refractivity contribution in [2.75, 3.05) is 0 Å². The van der Waals surface area contributed by atoms with Crippen LogP contribution in [0, 0.1) is 5.82 Å². The molecule has 15 heavy (non-hydrogen) atoms. The summed E-state index contributed by atoms with van der Waals surface area (Å²) in [7, 11) is 0. The maximum absolute atomic E-state index is 13.2. The van der Waals surface area contributed by atoms with E-state index in [2.05, 4.69) is 0 Å². The molecule has 5 heteroatoms. The van der Waals surface area contributed by atoms with Crippen molar-refractivity contribution >= 4 is 11.5 Å². The summed E-state index contributed by atoms with van der Waals surface area (Å²) < 4.78 is 14.2. The number of aromatic carboxylic acids is 1. The highest BCUT2D eigenvalue weighted by Crippen LogP contribution is 2.07. The molecule has 76 valence electrons. The van der Waals surface area contributed by atoms with E-state index in [0.717, 1.165) is 10.5 Å². The highest BCUT2D eigenvalue weighted by Gasteiger charge is 2.11. The Morgan fingerprint density at radius 2 is 2.07 bits per heavy atom. The van der Waals surface area contributed by atoms with Crippen molar-refractivity contribution < 1.29 is 14.3 Å². The Labute approximate surface area is 83.2 Å². The van der Waals surface area contributed by atoms with Crippen molar-refractivity contribution in [1.82, 2.24) is 4.40 Å². The molecule has 2 rings (SSSR count). The molecule has 0 aromatic carbocycles. The van der Waals surface area contributed by atoms with Crippen LogP contribution >= 0.6 is 0 Å². The second-order valence-corrected chi connectivity index (χ2v) is 2.97. The highest BCUT2D eigenvalue weighted by molar-refractivity contribution is 5.87. The summed E-state index contributed by atoms with van der Waals surface area (Å²) >= 11 is 0. The van der Waals surface area contributed by atoms with Crippen molar-refractivity contribution in [3.8, 4) is 0 Å². The van der Waals surface area contributed by atoms with E-state index in [4.69, 9.17) is 5.11 Å². The first-order chi connectivity index (χ1) is 7.11. The minimum absolute atomic E-state index is 0.0625. The van der Waals surface area contributed by atoms with Gasteiger partial charge in [-0.1, -0.05) is 0 Å². The molecule has 0 aliphatic rings. The molecule has 0 saturated heterocycles. The number of hydrogen-bond donors (Lipinski definition) is 1. The third-order valence-electron chi connectivity index (χ3n) is 2.07. The number of rotatable bonds is 1. The molecule has 0 aliphatic heterocycles. The van der Waals surface area contributed by atoms with Crippen LogP contribution in [-0.2, 0) is 0 Å². The lowest BCUT2D eigenvalue weighted by Crippen LogP contribution is -2.21. The van der Waals surface area contributed by atoms with Gasteiger partial charge in [0.2, 0.25) is 0 Å². The molecule has 2 aromatic heterocycles. The van der Waals surface area contributed by atoms with E-state index in [0.29, 0.717) is 0 Å². The number of pyridine rings is 2. The number of aromatic nitrogens is 1. The molecular weight excluding hydrogens is 201 g/mol. The average Bonchev–Trinajstić information content (AvgIpc) is 2.19. The first-order valence-electron chi connectivity index (χ1n) is 4.14. The Morgan fingerprint density at radius 1 is 1.33 bits per heavy atom. The fourth-order valence-electron chi connectivity index (χ4n) is 1.36. The SMILES string of the molecule is O=C(O)c1ccc2c(F)cccn2c1=O. The molecule has 0 bridgehead atoms. The molecule has 0 radical (unpaired) electrons. The van der Waals surface area contributed by atoms with E-state index >= 15 is 0 Å². The summed E-state index contributed by atoms with van der Waals surface area (Å²) in [6.07, 6.45) is 1.33. The number of carboxylic acids is 1. The Balaban J connectivity index is 2.92. The lowest BCUT2D eigenvalue weighted by Gasteiger charge is -2.02. The third kappa shape index (κ3) is 1.38. The number of fused-ring (bicyclic) bond motifs is 1. The van der Waals surface area contributed by atoms with Gasteiger partial charge in [-0.2, -0.15) is 0 Å². The zero-order valence-electron chi connectivity index (χ0n) is 7.48. The van der Waals surface area contributed by atoms with Gasteiger partial charge in [0.15, 0.2) is 0 Å². The van der Waals surface area contributed by atoms with Crippen molar-refractivity contribution in [1.29, 1.82) is 0 Å². The van der Waals surface area contributed by atoms with Crippen molar-refractivity contribution in [3.63, 3.8) is 0 Å². The monoisotopic (exact) mass is 207 g/mol. The van der Waals surface area contributed by atoms with Crippen molar-refractivity contribution in [2.45, 2.75) is 0 Å². The molecule has 2 heterocycles. The number of carboxylic acid groups (broad SMARTS) is 1. The lowest BCUT2D eigenvalue weighted by atomic mass is 10.2. The van der Waals surface area contributed by atoms with Crippen LogP contribution in [0.15, 0.2) is 35.3 Å². The number of halogens is 1. The largest absolute Gasteiger partial charge is 0.477 e. The summed E-state index contributed by atoms with van der Waals surface area (Å²) in [5, 5.41) is 8.69. The fraction of sp³-hybridized carbons (Fsp3) is 0. The first kappa shape index (κ1) is 9.39. The van der Waals surface area contributed by atoms with Gasteiger partial charge in [0.25, 0.3) is 5.56 Å². The van der Waals surface area contributed by atoms with Gasteiger partial charge in [-0.15, -0.1) is 0 Å². The minimum Gasteiger partial charge on any atom is -0.477 e. The van der Waals surface area contributed by atoms with Crippen LogP contribution in [0.2, 0.25) is 0 Å². The number of nitrogens with zero attached hydrogens (tertiary/aromatic N) is 1. The maximum Gasteiger partial charge on any atom is 0.341 e. The molecule has 2 aromatic rings. The molecule has 0 atom stereocenters. The summed E-state index contributed by atoms with van der Waals surface area (Å²) in [6.45, 7) is 0. The number of carbonyl (C=O) groups is 1. The van der Waals surface area contributed by atoms with Gasteiger partial charge in [-0.05, 0) is 24.3 Å². The van der Waals surface area contributed by atoms with Crippen LogP contribution in [0.1, 0.15) is 10.4 Å². The Hall–Kier alpha value is -2.17. The second-order valence-electron chi connectivity index (χ2n) is 2.97. The zero-order chi connectivity index (χ0) is 11.0. The van der Waals surface area contributed by atoms with Gasteiger partial charge >= 0.3 is 5.97 Å². The molecule has 4 nitrogen and oxygen atoms in total. The Morgan fingerprint density at radius 3 is 2.73 bits per heavy atom. The normalized spacial score (nSPS) is 10.5. The summed E-state index contributed by atoms with van der Waals surface area (Å²) in [6, 6.07) is 4.91. The van der Waals surface area contributed by atoms with Gasteiger partial charge in [0.1, 0.15) is 11.4 Å². The van der Waals surface area contributed by atoms with Crippen molar-refractivity contribution in [2.24, 2.45) is 0 Å². The van der Waals surface area contributed by atoms with E-state index in [1.54, 1.807) is 0 Å². The average molecular weight is 207 g/mol. The molecule has 0 unspecified atom stereocenters. The van der Waals surface area contributed by atoms with Crippen LogP contribution in [0.25, 0.3) is 5.52 Å². The topological polar surface area (TPSA) is 58.8 Å². The standard InChI is InChI=1S/C10H6FNO3/c11-7-2-1-5-12-8(7)4-3-6(9(12)13)10(14)15/h1-5H,(H,14,15). The smallest absolute Gasteiger partial charge is 0.341 e. The lowest BCUT2D eigenvalue weighted by molar-refractivity contribution is 0.0695. The third-order valence-corrected chi connectivity index (χ3v) is 2.07. The van der Waals surface area contributed by atoms with Crippen LogP contribution < -0.4 is 5.56 Å². The minimum atomic E-state index is -1.32. The predicted molar refractivity (Wildman–Crippen MR) is 50.6 cm³/mol. The fourth-order valence-corrected chi connectivity index (χ4v) is 1.36. The van der Waals surface area contributed by atoms with Crippen LogP contribution in [0.4, 0.5) is 4.39 Å². The highest BCUT2D eigenvalue weighted by atomic mass is 19.1. The predicted octanol–water partition coefficient (Wildman–Crippen LogP) is 1.14. The van der Waals surface area contributed by atoms with E-state index in [9.17, 15) is 14.0 Å². The Kier molecular flexibility index (Phi) is 2.00. The van der Waals surface area contributed by atoms with Gasteiger partial charge < -0.3 is 5.11 Å². The summed E-state index contributed by atoms with van der Waals surface area (Å²) in [4.78, 5) is 22.2. The van der Waals surface area contributed by atoms with Crippen molar-refractivity contribution in [3.05, 3.63) is 52.2 Å². The zero-order valence-corrected chi connectivity index (χ0v) is 7.48. The molecule has 0 fully saturated rings. The van der Waals surface area contributed by atoms with E-state index in [-0.39, 0.29) is 11.1 Å². The molecule has 0 saturated carbocycles. The summed E-state index contributed by atoms with van der Waals surface area (Å²) in [5.41, 5.74) is -1.05. The van der Waals surface area contributed by atoms with Crippen LogP contribution in [-0.4, -0.2) is 15.5 Å². The quantitative estimate of drug-likeness (QED) is 0.762. The molecule has 1 N–H and O–H groups in total. The van der Waals surface area contributed by atoms with Gasteiger partial charge in [-0.25, -0.2) is 9.18 Å². The van der Waals surface area contributed by atoms with Gasteiger partial charge in [0, 0.05) is 6.20 Å². The second kappa shape index (κ2) is 3.20. The van der Waals surface area contributed by atoms with E-state index in [1.807, 2.05) is 0 Å². The molecular formula is C10H6FNO3. The van der Waals surface area contributed by atoms with Gasteiger partial charge in [-0.3, -0.25) is 9.20 Å². The van der Waals surface area contributed by atoms with E-state index in [1.165, 1.54) is 24.4 Å². The van der Waals surface area contributed by atoms with Gasteiger partial charge in [0.05, 0.1) is 5.52 Å². The molecule has 0 spiro atoms. The van der Waals surface area contributed by atoms with E-state index < -0.39 is 17.3 Å².